The molecule has 0 bridgehead atoms. The van der Waals surface area contributed by atoms with E-state index >= 15 is 0 Å². The first kappa shape index (κ1) is 13.6. The minimum Gasteiger partial charge on any atom is -0.357 e. The van der Waals surface area contributed by atoms with Crippen LogP contribution in [-0.4, -0.2) is 33.8 Å². The first-order valence-corrected chi connectivity index (χ1v) is 7.23. The van der Waals surface area contributed by atoms with Crippen LogP contribution in [0.5, 0.6) is 0 Å². The van der Waals surface area contributed by atoms with Crippen LogP contribution in [0.3, 0.4) is 0 Å². The number of rotatable bonds is 3. The zero-order chi connectivity index (χ0) is 14.7. The van der Waals surface area contributed by atoms with Crippen LogP contribution in [0.2, 0.25) is 0 Å². The number of aromatic nitrogens is 3. The van der Waals surface area contributed by atoms with Gasteiger partial charge in [-0.15, -0.1) is 0 Å². The van der Waals surface area contributed by atoms with E-state index in [2.05, 4.69) is 20.3 Å². The summed E-state index contributed by atoms with van der Waals surface area (Å²) < 4.78 is 1.60. The highest BCUT2D eigenvalue weighted by Crippen LogP contribution is 2.19. The van der Waals surface area contributed by atoms with Crippen molar-refractivity contribution >= 4 is 17.4 Å². The molecule has 1 amide bonds. The highest BCUT2D eigenvalue weighted by molar-refractivity contribution is 6.03. The Kier molecular flexibility index (Phi) is 3.85. The topological polar surface area (TPSA) is 63.1 Å². The van der Waals surface area contributed by atoms with Crippen molar-refractivity contribution in [2.45, 2.75) is 19.3 Å². The van der Waals surface area contributed by atoms with Crippen molar-refractivity contribution in [3.63, 3.8) is 0 Å². The molecule has 2 aromatic heterocycles. The SMILES string of the molecule is Cn1cc(C(=O)Nc2ccc(N3CCCCC3)nc2)cn1. The number of hydrogen-bond donors (Lipinski definition) is 1. The second kappa shape index (κ2) is 5.95. The molecule has 0 radical (unpaired) electrons. The molecule has 3 rings (SSSR count). The molecule has 6 nitrogen and oxygen atoms in total. The van der Waals surface area contributed by atoms with Gasteiger partial charge in [-0.2, -0.15) is 5.10 Å². The Hall–Kier alpha value is -2.37. The standard InChI is InChI=1S/C15H19N5O/c1-19-11-12(9-17-19)15(21)18-13-5-6-14(16-10-13)20-7-3-2-4-8-20/h5-6,9-11H,2-4,7-8H2,1H3,(H,18,21). The molecule has 1 aliphatic heterocycles. The maximum Gasteiger partial charge on any atom is 0.258 e. The normalized spacial score (nSPS) is 15.0. The Labute approximate surface area is 123 Å². The van der Waals surface area contributed by atoms with E-state index in [0.717, 1.165) is 18.9 Å². The van der Waals surface area contributed by atoms with E-state index in [1.54, 1.807) is 30.3 Å². The molecule has 0 saturated carbocycles. The van der Waals surface area contributed by atoms with Crippen LogP contribution in [0.1, 0.15) is 29.6 Å². The van der Waals surface area contributed by atoms with Crippen molar-refractivity contribution in [2.24, 2.45) is 7.05 Å². The highest BCUT2D eigenvalue weighted by atomic mass is 16.1. The third-order valence-electron chi connectivity index (χ3n) is 3.65. The van der Waals surface area contributed by atoms with Crippen molar-refractivity contribution in [3.8, 4) is 0 Å². The molecular weight excluding hydrogens is 266 g/mol. The molecular formula is C15H19N5O. The molecule has 6 heteroatoms. The third kappa shape index (κ3) is 3.21. The summed E-state index contributed by atoms with van der Waals surface area (Å²) in [6, 6.07) is 3.86. The molecule has 2 aromatic rings. The summed E-state index contributed by atoms with van der Waals surface area (Å²) >= 11 is 0. The quantitative estimate of drug-likeness (QED) is 0.937. The van der Waals surface area contributed by atoms with Gasteiger partial charge in [0.05, 0.1) is 23.6 Å². The van der Waals surface area contributed by atoms with Gasteiger partial charge in [0.1, 0.15) is 5.82 Å². The van der Waals surface area contributed by atoms with Crippen molar-refractivity contribution in [3.05, 3.63) is 36.3 Å². The van der Waals surface area contributed by atoms with Crippen molar-refractivity contribution in [1.29, 1.82) is 0 Å². The molecule has 0 aromatic carbocycles. The van der Waals surface area contributed by atoms with E-state index in [1.807, 2.05) is 12.1 Å². The molecule has 110 valence electrons. The van der Waals surface area contributed by atoms with Crippen molar-refractivity contribution in [1.82, 2.24) is 14.8 Å². The zero-order valence-corrected chi connectivity index (χ0v) is 12.1. The number of hydrogen-bond acceptors (Lipinski definition) is 4. The first-order valence-electron chi connectivity index (χ1n) is 7.23. The number of aryl methyl sites for hydroxylation is 1. The number of amides is 1. The lowest BCUT2D eigenvalue weighted by Crippen LogP contribution is -2.30. The summed E-state index contributed by atoms with van der Waals surface area (Å²) in [5, 5.41) is 6.82. The van der Waals surface area contributed by atoms with Gasteiger partial charge in [0.15, 0.2) is 0 Å². The number of carbonyl (C=O) groups excluding carboxylic acids is 1. The highest BCUT2D eigenvalue weighted by Gasteiger charge is 2.12. The number of carbonyl (C=O) groups is 1. The maximum atomic E-state index is 12.0. The largest absolute Gasteiger partial charge is 0.357 e. The summed E-state index contributed by atoms with van der Waals surface area (Å²) in [7, 11) is 1.78. The van der Waals surface area contributed by atoms with Crippen molar-refractivity contribution < 1.29 is 4.79 Å². The second-order valence-electron chi connectivity index (χ2n) is 5.31. The second-order valence-corrected chi connectivity index (χ2v) is 5.31. The molecule has 3 heterocycles. The fourth-order valence-corrected chi connectivity index (χ4v) is 2.51. The Morgan fingerprint density at radius 3 is 2.62 bits per heavy atom. The number of nitrogens with one attached hydrogen (secondary N) is 1. The summed E-state index contributed by atoms with van der Waals surface area (Å²) in [4.78, 5) is 18.7. The number of piperidine rings is 1. The molecule has 1 N–H and O–H groups in total. The van der Waals surface area contributed by atoms with Gasteiger partial charge in [0.2, 0.25) is 0 Å². The van der Waals surface area contributed by atoms with E-state index in [1.165, 1.54) is 19.3 Å². The molecule has 1 fully saturated rings. The lowest BCUT2D eigenvalue weighted by atomic mass is 10.1. The van der Waals surface area contributed by atoms with Gasteiger partial charge < -0.3 is 10.2 Å². The molecule has 1 aliphatic rings. The van der Waals surface area contributed by atoms with Gasteiger partial charge in [-0.25, -0.2) is 4.98 Å². The zero-order valence-electron chi connectivity index (χ0n) is 12.1. The van der Waals surface area contributed by atoms with Gasteiger partial charge in [-0.1, -0.05) is 0 Å². The summed E-state index contributed by atoms with van der Waals surface area (Å²) in [6.07, 6.45) is 8.69. The van der Waals surface area contributed by atoms with Crippen LogP contribution in [0.25, 0.3) is 0 Å². The van der Waals surface area contributed by atoms with Crippen molar-refractivity contribution in [2.75, 3.05) is 23.3 Å². The molecule has 0 spiro atoms. The van der Waals surface area contributed by atoms with Crippen LogP contribution in [0, 0.1) is 0 Å². The number of anilines is 2. The lowest BCUT2D eigenvalue weighted by Gasteiger charge is -2.27. The average molecular weight is 285 g/mol. The van der Waals surface area contributed by atoms with E-state index in [-0.39, 0.29) is 5.91 Å². The number of pyridine rings is 1. The van der Waals surface area contributed by atoms with Gasteiger partial charge in [-0.3, -0.25) is 9.48 Å². The summed E-state index contributed by atoms with van der Waals surface area (Å²) in [5.41, 5.74) is 1.24. The summed E-state index contributed by atoms with van der Waals surface area (Å²) in [6.45, 7) is 2.13. The van der Waals surface area contributed by atoms with Gasteiger partial charge in [-0.05, 0) is 31.4 Å². The van der Waals surface area contributed by atoms with Crippen LogP contribution in [0.15, 0.2) is 30.7 Å². The van der Waals surface area contributed by atoms with Gasteiger partial charge >= 0.3 is 0 Å². The average Bonchev–Trinajstić information content (AvgIpc) is 2.96. The van der Waals surface area contributed by atoms with Crippen LogP contribution >= 0.6 is 0 Å². The molecule has 1 saturated heterocycles. The van der Waals surface area contributed by atoms with E-state index in [9.17, 15) is 4.79 Å². The van der Waals surface area contributed by atoms with Crippen LogP contribution in [0.4, 0.5) is 11.5 Å². The van der Waals surface area contributed by atoms with E-state index < -0.39 is 0 Å². The number of nitrogens with zero attached hydrogens (tertiary/aromatic N) is 4. The molecule has 0 unspecified atom stereocenters. The Morgan fingerprint density at radius 2 is 2.00 bits per heavy atom. The lowest BCUT2D eigenvalue weighted by molar-refractivity contribution is 0.102. The fourth-order valence-electron chi connectivity index (χ4n) is 2.51. The van der Waals surface area contributed by atoms with Crippen LogP contribution in [-0.2, 0) is 7.05 Å². The van der Waals surface area contributed by atoms with Gasteiger partial charge in [0.25, 0.3) is 5.91 Å². The minimum absolute atomic E-state index is 0.171. The predicted octanol–water partition coefficient (Wildman–Crippen LogP) is 2.06. The van der Waals surface area contributed by atoms with E-state index in [4.69, 9.17) is 0 Å². The van der Waals surface area contributed by atoms with Crippen LogP contribution < -0.4 is 10.2 Å². The maximum absolute atomic E-state index is 12.0. The van der Waals surface area contributed by atoms with E-state index in [0.29, 0.717) is 11.3 Å². The Morgan fingerprint density at radius 1 is 1.19 bits per heavy atom. The minimum atomic E-state index is -0.171. The third-order valence-corrected chi connectivity index (χ3v) is 3.65. The first-order chi connectivity index (χ1) is 10.2. The summed E-state index contributed by atoms with van der Waals surface area (Å²) in [5.74, 6) is 0.810. The molecule has 0 aliphatic carbocycles. The Bertz CT molecular complexity index is 613. The van der Waals surface area contributed by atoms with Gasteiger partial charge in [0, 0.05) is 26.3 Å². The predicted molar refractivity (Wildman–Crippen MR) is 81.5 cm³/mol. The Balaban J connectivity index is 1.65. The smallest absolute Gasteiger partial charge is 0.258 e. The fraction of sp³-hybridized carbons (Fsp3) is 0.400. The monoisotopic (exact) mass is 285 g/mol. The molecule has 0 atom stereocenters. The molecule has 21 heavy (non-hydrogen) atoms.